The van der Waals surface area contributed by atoms with Crippen LogP contribution in [0.15, 0.2) is 36.7 Å². The largest absolute Gasteiger partial charge is 0.384 e. The first-order valence-electron chi connectivity index (χ1n) is 5.69. The fraction of sp³-hybridized carbons (Fsp3) is 0.231. The standard InChI is InChI=1S/C13H17N5/c1-17-7-6-16-13(17)18(2)9-10-4-3-5-11(8-10)12(14)15/h3-8H,9H2,1-2H3,(H3,14,15). The summed E-state index contributed by atoms with van der Waals surface area (Å²) in [6.07, 6.45) is 3.69. The van der Waals surface area contributed by atoms with Crippen molar-refractivity contribution in [3.63, 3.8) is 0 Å². The van der Waals surface area contributed by atoms with Gasteiger partial charge in [-0.2, -0.15) is 0 Å². The number of hydrogen-bond acceptors (Lipinski definition) is 3. The number of nitrogens with zero attached hydrogens (tertiary/aromatic N) is 3. The van der Waals surface area contributed by atoms with Crippen LogP contribution in [-0.2, 0) is 13.6 Å². The van der Waals surface area contributed by atoms with Crippen LogP contribution in [0.2, 0.25) is 0 Å². The first-order valence-corrected chi connectivity index (χ1v) is 5.69. The molecule has 0 amide bonds. The van der Waals surface area contributed by atoms with E-state index in [1.165, 1.54) is 0 Å². The highest BCUT2D eigenvalue weighted by atomic mass is 15.3. The minimum Gasteiger partial charge on any atom is -0.384 e. The average Bonchev–Trinajstić information content (AvgIpc) is 2.76. The van der Waals surface area contributed by atoms with Crippen molar-refractivity contribution in [2.45, 2.75) is 6.54 Å². The maximum absolute atomic E-state index is 7.44. The SMILES string of the molecule is CN(Cc1cccc(C(=N)N)c1)c1nccn1C. The summed E-state index contributed by atoms with van der Waals surface area (Å²) in [5, 5.41) is 7.44. The number of aryl methyl sites for hydroxylation is 1. The average molecular weight is 243 g/mol. The molecule has 0 aliphatic heterocycles. The van der Waals surface area contributed by atoms with Crippen molar-refractivity contribution in [3.8, 4) is 0 Å². The Morgan fingerprint density at radius 2 is 2.28 bits per heavy atom. The zero-order valence-corrected chi connectivity index (χ0v) is 10.6. The quantitative estimate of drug-likeness (QED) is 0.629. The highest BCUT2D eigenvalue weighted by molar-refractivity contribution is 5.95. The highest BCUT2D eigenvalue weighted by Crippen LogP contribution is 2.13. The number of anilines is 1. The summed E-state index contributed by atoms with van der Waals surface area (Å²) in [5.41, 5.74) is 7.34. The van der Waals surface area contributed by atoms with Gasteiger partial charge in [-0.15, -0.1) is 0 Å². The second-order valence-corrected chi connectivity index (χ2v) is 4.31. The minimum absolute atomic E-state index is 0.0940. The van der Waals surface area contributed by atoms with Gasteiger partial charge in [-0.05, 0) is 11.6 Å². The summed E-state index contributed by atoms with van der Waals surface area (Å²) in [7, 11) is 3.95. The third kappa shape index (κ3) is 2.51. The van der Waals surface area contributed by atoms with Gasteiger partial charge in [-0.3, -0.25) is 5.41 Å². The van der Waals surface area contributed by atoms with Crippen LogP contribution in [-0.4, -0.2) is 22.4 Å². The van der Waals surface area contributed by atoms with Gasteiger partial charge >= 0.3 is 0 Å². The number of imidazole rings is 1. The number of nitrogen functional groups attached to an aromatic ring is 1. The van der Waals surface area contributed by atoms with Crippen LogP contribution in [0.1, 0.15) is 11.1 Å². The molecule has 1 aromatic heterocycles. The van der Waals surface area contributed by atoms with E-state index in [1.54, 1.807) is 6.20 Å². The molecule has 3 N–H and O–H groups in total. The van der Waals surface area contributed by atoms with E-state index in [1.807, 2.05) is 49.1 Å². The summed E-state index contributed by atoms with van der Waals surface area (Å²) in [6, 6.07) is 7.71. The molecular formula is C13H17N5. The third-order valence-corrected chi connectivity index (χ3v) is 2.79. The van der Waals surface area contributed by atoms with E-state index in [-0.39, 0.29) is 5.84 Å². The second kappa shape index (κ2) is 4.91. The number of benzene rings is 1. The Bertz CT molecular complexity index is 558. The van der Waals surface area contributed by atoms with Crippen LogP contribution in [0.25, 0.3) is 0 Å². The lowest BCUT2D eigenvalue weighted by molar-refractivity contribution is 0.805. The first-order chi connectivity index (χ1) is 8.58. The Balaban J connectivity index is 2.17. The van der Waals surface area contributed by atoms with Crippen molar-refractivity contribution in [3.05, 3.63) is 47.8 Å². The monoisotopic (exact) mass is 243 g/mol. The van der Waals surface area contributed by atoms with E-state index in [2.05, 4.69) is 9.88 Å². The van der Waals surface area contributed by atoms with Gasteiger partial charge in [-0.25, -0.2) is 4.98 Å². The van der Waals surface area contributed by atoms with Gasteiger partial charge in [0.25, 0.3) is 0 Å². The van der Waals surface area contributed by atoms with Gasteiger partial charge in [0.15, 0.2) is 0 Å². The van der Waals surface area contributed by atoms with E-state index in [9.17, 15) is 0 Å². The Labute approximate surface area is 106 Å². The van der Waals surface area contributed by atoms with Gasteiger partial charge in [0.05, 0.1) is 0 Å². The summed E-state index contributed by atoms with van der Waals surface area (Å²) in [4.78, 5) is 6.35. The molecule has 18 heavy (non-hydrogen) atoms. The van der Waals surface area contributed by atoms with Gasteiger partial charge in [-0.1, -0.05) is 18.2 Å². The zero-order chi connectivity index (χ0) is 13.1. The summed E-state index contributed by atoms with van der Waals surface area (Å²) >= 11 is 0. The van der Waals surface area contributed by atoms with Crippen molar-refractivity contribution < 1.29 is 0 Å². The summed E-state index contributed by atoms with van der Waals surface area (Å²) < 4.78 is 1.97. The van der Waals surface area contributed by atoms with E-state index in [4.69, 9.17) is 11.1 Å². The molecule has 1 aromatic carbocycles. The molecule has 0 fully saturated rings. The van der Waals surface area contributed by atoms with Crippen LogP contribution >= 0.6 is 0 Å². The number of amidine groups is 1. The Morgan fingerprint density at radius 1 is 1.50 bits per heavy atom. The Hall–Kier alpha value is -2.30. The van der Waals surface area contributed by atoms with Crippen molar-refractivity contribution >= 4 is 11.8 Å². The first kappa shape index (κ1) is 12.2. The van der Waals surface area contributed by atoms with E-state index in [0.29, 0.717) is 0 Å². The van der Waals surface area contributed by atoms with Gasteiger partial charge in [0.1, 0.15) is 5.84 Å². The van der Waals surface area contributed by atoms with E-state index >= 15 is 0 Å². The highest BCUT2D eigenvalue weighted by Gasteiger charge is 2.07. The molecule has 0 aliphatic rings. The number of hydrogen-bond donors (Lipinski definition) is 2. The molecule has 2 aromatic rings. The molecule has 0 saturated carbocycles. The molecule has 2 rings (SSSR count). The topological polar surface area (TPSA) is 70.9 Å². The predicted molar refractivity (Wildman–Crippen MR) is 72.8 cm³/mol. The van der Waals surface area contributed by atoms with Gasteiger partial charge < -0.3 is 15.2 Å². The van der Waals surface area contributed by atoms with E-state index in [0.717, 1.165) is 23.6 Å². The van der Waals surface area contributed by atoms with Gasteiger partial charge in [0, 0.05) is 38.6 Å². The molecule has 1 heterocycles. The zero-order valence-electron chi connectivity index (χ0n) is 10.6. The molecule has 5 heteroatoms. The lowest BCUT2D eigenvalue weighted by Gasteiger charge is -2.18. The van der Waals surface area contributed by atoms with Crippen molar-refractivity contribution in [2.75, 3.05) is 11.9 Å². The molecule has 0 radical (unpaired) electrons. The number of nitrogens with one attached hydrogen (secondary N) is 1. The van der Waals surface area contributed by atoms with Crippen molar-refractivity contribution in [1.82, 2.24) is 9.55 Å². The molecule has 0 atom stereocenters. The smallest absolute Gasteiger partial charge is 0.205 e. The number of aromatic nitrogens is 2. The van der Waals surface area contributed by atoms with Crippen LogP contribution in [0.5, 0.6) is 0 Å². The normalized spacial score (nSPS) is 10.3. The lowest BCUT2D eigenvalue weighted by Crippen LogP contribution is -2.20. The molecule has 0 spiro atoms. The van der Waals surface area contributed by atoms with Crippen LogP contribution in [0, 0.1) is 5.41 Å². The molecule has 0 bridgehead atoms. The summed E-state index contributed by atoms with van der Waals surface area (Å²) in [5.74, 6) is 1.000. The van der Waals surface area contributed by atoms with E-state index < -0.39 is 0 Å². The fourth-order valence-electron chi connectivity index (χ4n) is 1.91. The number of rotatable bonds is 4. The molecule has 5 nitrogen and oxygen atoms in total. The molecule has 0 saturated heterocycles. The minimum atomic E-state index is 0.0940. The maximum atomic E-state index is 7.44. The maximum Gasteiger partial charge on any atom is 0.205 e. The molecular weight excluding hydrogens is 226 g/mol. The van der Waals surface area contributed by atoms with Crippen molar-refractivity contribution in [2.24, 2.45) is 12.8 Å². The third-order valence-electron chi connectivity index (χ3n) is 2.79. The van der Waals surface area contributed by atoms with Crippen LogP contribution in [0.4, 0.5) is 5.95 Å². The fourth-order valence-corrected chi connectivity index (χ4v) is 1.91. The van der Waals surface area contributed by atoms with Crippen molar-refractivity contribution in [1.29, 1.82) is 5.41 Å². The molecule has 0 aliphatic carbocycles. The molecule has 94 valence electrons. The lowest BCUT2D eigenvalue weighted by atomic mass is 10.1. The second-order valence-electron chi connectivity index (χ2n) is 4.31. The Morgan fingerprint density at radius 3 is 2.89 bits per heavy atom. The number of nitrogens with two attached hydrogens (primary N) is 1. The predicted octanol–water partition coefficient (Wildman–Crippen LogP) is 1.34. The molecule has 0 unspecified atom stereocenters. The Kier molecular flexibility index (Phi) is 3.32. The summed E-state index contributed by atoms with van der Waals surface area (Å²) in [6.45, 7) is 0.728. The van der Waals surface area contributed by atoms with Gasteiger partial charge in [0.2, 0.25) is 5.95 Å². The van der Waals surface area contributed by atoms with Crippen LogP contribution in [0.3, 0.4) is 0 Å². The van der Waals surface area contributed by atoms with Crippen LogP contribution < -0.4 is 10.6 Å².